The summed E-state index contributed by atoms with van der Waals surface area (Å²) in [5.74, 6) is 1.40. The van der Waals surface area contributed by atoms with Crippen LogP contribution in [0.15, 0.2) is 71.6 Å². The Morgan fingerprint density at radius 2 is 1.94 bits per heavy atom. The van der Waals surface area contributed by atoms with E-state index in [9.17, 15) is 0 Å². The summed E-state index contributed by atoms with van der Waals surface area (Å²) >= 11 is 3.63. The number of benzene rings is 1. The molecular formula is C26H29BrN6. The van der Waals surface area contributed by atoms with E-state index in [4.69, 9.17) is 4.98 Å². The van der Waals surface area contributed by atoms with Crippen LogP contribution in [-0.4, -0.2) is 44.1 Å². The van der Waals surface area contributed by atoms with Crippen molar-refractivity contribution in [3.8, 4) is 0 Å². The van der Waals surface area contributed by atoms with Gasteiger partial charge in [0.05, 0.1) is 16.4 Å². The second kappa shape index (κ2) is 10.4. The monoisotopic (exact) mass is 504 g/mol. The van der Waals surface area contributed by atoms with Crippen LogP contribution in [-0.2, 0) is 13.0 Å². The molecule has 1 saturated heterocycles. The van der Waals surface area contributed by atoms with Crippen LogP contribution in [0.3, 0.4) is 0 Å². The summed E-state index contributed by atoms with van der Waals surface area (Å²) < 4.78 is 2.80. The van der Waals surface area contributed by atoms with E-state index in [1.54, 1.807) is 6.20 Å². The summed E-state index contributed by atoms with van der Waals surface area (Å²) in [6.07, 6.45) is 10.2. The lowest BCUT2D eigenvalue weighted by Crippen LogP contribution is -2.35. The predicted molar refractivity (Wildman–Crippen MR) is 135 cm³/mol. The lowest BCUT2D eigenvalue weighted by atomic mass is 9.94. The van der Waals surface area contributed by atoms with Crippen molar-refractivity contribution in [2.75, 3.05) is 25.0 Å². The number of piperidine rings is 1. The first-order valence-corrected chi connectivity index (χ1v) is 12.5. The molecule has 1 aromatic carbocycles. The van der Waals surface area contributed by atoms with Gasteiger partial charge >= 0.3 is 0 Å². The molecule has 7 heteroatoms. The Bertz CT molecular complexity index is 1180. The van der Waals surface area contributed by atoms with E-state index in [1.807, 2.05) is 23.0 Å². The van der Waals surface area contributed by atoms with Crippen molar-refractivity contribution < 1.29 is 0 Å². The highest BCUT2D eigenvalue weighted by molar-refractivity contribution is 9.10. The molecule has 1 fully saturated rings. The minimum Gasteiger partial charge on any atom is -0.366 e. The molecule has 170 valence electrons. The molecule has 1 N–H and O–H groups in total. The van der Waals surface area contributed by atoms with Crippen LogP contribution < -0.4 is 5.32 Å². The lowest BCUT2D eigenvalue weighted by Gasteiger charge is -2.32. The Balaban J connectivity index is 1.29. The van der Waals surface area contributed by atoms with E-state index in [1.165, 1.54) is 31.4 Å². The summed E-state index contributed by atoms with van der Waals surface area (Å²) in [6.45, 7) is 4.07. The molecule has 0 spiro atoms. The average molecular weight is 505 g/mol. The van der Waals surface area contributed by atoms with Gasteiger partial charge in [-0.25, -0.2) is 4.98 Å². The minimum atomic E-state index is 0.432. The van der Waals surface area contributed by atoms with E-state index >= 15 is 0 Å². The summed E-state index contributed by atoms with van der Waals surface area (Å²) in [7, 11) is 0. The van der Waals surface area contributed by atoms with Crippen LogP contribution in [0.5, 0.6) is 0 Å². The van der Waals surface area contributed by atoms with Crippen molar-refractivity contribution in [2.45, 2.75) is 38.1 Å². The van der Waals surface area contributed by atoms with Gasteiger partial charge in [-0.2, -0.15) is 9.61 Å². The normalized spacial score (nSPS) is 16.8. The minimum absolute atomic E-state index is 0.432. The second-order valence-corrected chi connectivity index (χ2v) is 9.59. The number of aryl methyl sites for hydroxylation is 1. The van der Waals surface area contributed by atoms with Crippen LogP contribution in [0.2, 0.25) is 0 Å². The number of anilines is 1. The number of nitrogens with one attached hydrogen (secondary N) is 1. The van der Waals surface area contributed by atoms with Crippen LogP contribution in [0, 0.1) is 0 Å². The molecule has 0 aliphatic carbocycles. The fraction of sp³-hybridized carbons (Fsp3) is 0.346. The maximum atomic E-state index is 5.01. The molecule has 4 aromatic rings. The standard InChI is InChI=1S/C26H29BrN6/c27-23-18-30-33-25(29-17-21-9-4-12-28-16-21)15-24(31-26(23)33)22-11-6-14-32(19-22)13-5-10-20-7-2-1-3-8-20/h1-4,7-9,12,15-16,18,22,29H,5-6,10-11,13-14,17,19H2. The van der Waals surface area contributed by atoms with Gasteiger partial charge in [0.15, 0.2) is 5.65 Å². The predicted octanol–water partition coefficient (Wildman–Crippen LogP) is 5.31. The molecule has 4 heterocycles. The van der Waals surface area contributed by atoms with Crippen molar-refractivity contribution in [1.29, 1.82) is 0 Å². The van der Waals surface area contributed by atoms with E-state index < -0.39 is 0 Å². The smallest absolute Gasteiger partial charge is 0.171 e. The van der Waals surface area contributed by atoms with Gasteiger partial charge in [0, 0.05) is 37.5 Å². The molecule has 3 aromatic heterocycles. The lowest BCUT2D eigenvalue weighted by molar-refractivity contribution is 0.204. The highest BCUT2D eigenvalue weighted by atomic mass is 79.9. The zero-order valence-electron chi connectivity index (χ0n) is 18.7. The third kappa shape index (κ3) is 5.42. The van der Waals surface area contributed by atoms with Gasteiger partial charge in [0.1, 0.15) is 5.82 Å². The van der Waals surface area contributed by atoms with Gasteiger partial charge in [0.25, 0.3) is 0 Å². The molecule has 1 aliphatic rings. The molecule has 1 unspecified atom stereocenters. The summed E-state index contributed by atoms with van der Waals surface area (Å²) in [5, 5.41) is 8.07. The Hall–Kier alpha value is -2.77. The maximum absolute atomic E-state index is 5.01. The largest absolute Gasteiger partial charge is 0.366 e. The maximum Gasteiger partial charge on any atom is 0.171 e. The molecule has 0 bridgehead atoms. The fourth-order valence-electron chi connectivity index (χ4n) is 4.64. The summed E-state index contributed by atoms with van der Waals surface area (Å²) in [5.41, 5.74) is 4.57. The third-order valence-corrected chi connectivity index (χ3v) is 6.91. The number of nitrogens with zero attached hydrogens (tertiary/aromatic N) is 5. The number of likely N-dealkylation sites (tertiary alicyclic amines) is 1. The molecule has 0 saturated carbocycles. The van der Waals surface area contributed by atoms with Gasteiger partial charge in [-0.15, -0.1) is 0 Å². The average Bonchev–Trinajstić information content (AvgIpc) is 3.25. The molecule has 1 atom stereocenters. The van der Waals surface area contributed by atoms with Gasteiger partial charge in [0.2, 0.25) is 0 Å². The van der Waals surface area contributed by atoms with Gasteiger partial charge in [-0.3, -0.25) is 4.98 Å². The topological polar surface area (TPSA) is 58.4 Å². The van der Waals surface area contributed by atoms with Crippen molar-refractivity contribution in [2.24, 2.45) is 0 Å². The zero-order valence-corrected chi connectivity index (χ0v) is 20.3. The summed E-state index contributed by atoms with van der Waals surface area (Å²) in [4.78, 5) is 11.8. The van der Waals surface area contributed by atoms with E-state index in [2.05, 4.69) is 78.7 Å². The second-order valence-electron chi connectivity index (χ2n) is 8.74. The van der Waals surface area contributed by atoms with Gasteiger partial charge < -0.3 is 10.2 Å². The van der Waals surface area contributed by atoms with Crippen molar-refractivity contribution in [3.05, 3.63) is 88.4 Å². The number of halogens is 1. The molecule has 0 amide bonds. The quantitative estimate of drug-likeness (QED) is 0.352. The Morgan fingerprint density at radius 1 is 1.06 bits per heavy atom. The highest BCUT2D eigenvalue weighted by Crippen LogP contribution is 2.30. The SMILES string of the molecule is Brc1cnn2c(NCc3cccnc3)cc(C3CCCN(CCCc4ccccc4)C3)nc12. The van der Waals surface area contributed by atoms with Gasteiger partial charge in [-0.05, 0) is 71.9 Å². The number of pyridine rings is 1. The number of hydrogen-bond acceptors (Lipinski definition) is 5. The van der Waals surface area contributed by atoms with Crippen molar-refractivity contribution >= 4 is 27.4 Å². The zero-order chi connectivity index (χ0) is 22.5. The van der Waals surface area contributed by atoms with E-state index in [-0.39, 0.29) is 0 Å². The summed E-state index contributed by atoms with van der Waals surface area (Å²) in [6, 6.07) is 17.0. The molecule has 6 nitrogen and oxygen atoms in total. The van der Waals surface area contributed by atoms with E-state index in [0.29, 0.717) is 12.5 Å². The number of aromatic nitrogens is 4. The Morgan fingerprint density at radius 3 is 2.79 bits per heavy atom. The first kappa shape index (κ1) is 22.0. The van der Waals surface area contributed by atoms with Crippen LogP contribution in [0.25, 0.3) is 5.65 Å². The molecule has 0 radical (unpaired) electrons. The van der Waals surface area contributed by atoms with Crippen molar-refractivity contribution in [3.63, 3.8) is 0 Å². The number of rotatable bonds is 8. The first-order valence-electron chi connectivity index (χ1n) is 11.7. The van der Waals surface area contributed by atoms with Crippen LogP contribution in [0.1, 0.15) is 42.0 Å². The first-order chi connectivity index (χ1) is 16.3. The Kier molecular flexibility index (Phi) is 6.98. The highest BCUT2D eigenvalue weighted by Gasteiger charge is 2.24. The molecular weight excluding hydrogens is 476 g/mol. The molecule has 5 rings (SSSR count). The van der Waals surface area contributed by atoms with Crippen LogP contribution >= 0.6 is 15.9 Å². The van der Waals surface area contributed by atoms with Crippen molar-refractivity contribution in [1.82, 2.24) is 24.5 Å². The number of fused-ring (bicyclic) bond motifs is 1. The fourth-order valence-corrected chi connectivity index (χ4v) is 4.98. The molecule has 33 heavy (non-hydrogen) atoms. The van der Waals surface area contributed by atoms with Gasteiger partial charge in [-0.1, -0.05) is 36.4 Å². The van der Waals surface area contributed by atoms with E-state index in [0.717, 1.165) is 46.7 Å². The molecule has 1 aliphatic heterocycles. The number of hydrogen-bond donors (Lipinski definition) is 1. The third-order valence-electron chi connectivity index (χ3n) is 6.35. The Labute approximate surface area is 203 Å². The van der Waals surface area contributed by atoms with Crippen LogP contribution in [0.4, 0.5) is 5.82 Å².